The van der Waals surface area contributed by atoms with Gasteiger partial charge in [0.25, 0.3) is 0 Å². The third kappa shape index (κ3) is 5.64. The highest BCUT2D eigenvalue weighted by atomic mass is 16.1. The van der Waals surface area contributed by atoms with Gasteiger partial charge in [-0.2, -0.15) is 0 Å². The summed E-state index contributed by atoms with van der Waals surface area (Å²) in [7, 11) is 0. The van der Waals surface area contributed by atoms with Gasteiger partial charge < -0.3 is 5.32 Å². The molecule has 0 spiro atoms. The zero-order chi connectivity index (χ0) is 20.8. The standard InChI is InChI=1S/C24H33N5O/c1-19-5-2-8-22(27-19)16-26-24(30)21-7-4-12-29(18-21)23-9-13-28(14-10-23)17-20-6-3-11-25-15-20/h2-3,5-6,8,11,15,21,23H,4,7,9-10,12-14,16-18H2,1H3,(H,26,30)/t21-/m1/s1. The van der Waals surface area contributed by atoms with Crippen molar-refractivity contribution in [1.29, 1.82) is 0 Å². The minimum absolute atomic E-state index is 0.0944. The van der Waals surface area contributed by atoms with Gasteiger partial charge in [-0.05, 0) is 76.0 Å². The second-order valence-corrected chi connectivity index (χ2v) is 8.69. The number of aromatic nitrogens is 2. The number of nitrogens with one attached hydrogen (secondary N) is 1. The molecule has 2 fully saturated rings. The Kier molecular flexibility index (Phi) is 7.07. The molecule has 160 valence electrons. The maximum atomic E-state index is 12.8. The molecule has 4 rings (SSSR count). The third-order valence-corrected chi connectivity index (χ3v) is 6.42. The van der Waals surface area contributed by atoms with Crippen LogP contribution >= 0.6 is 0 Å². The van der Waals surface area contributed by atoms with Gasteiger partial charge in [0.2, 0.25) is 5.91 Å². The maximum Gasteiger partial charge on any atom is 0.224 e. The number of piperidine rings is 2. The van der Waals surface area contributed by atoms with Crippen LogP contribution in [0.4, 0.5) is 0 Å². The van der Waals surface area contributed by atoms with Gasteiger partial charge in [0, 0.05) is 37.2 Å². The Morgan fingerprint density at radius 1 is 1.13 bits per heavy atom. The Morgan fingerprint density at radius 3 is 2.77 bits per heavy atom. The number of pyridine rings is 2. The first-order valence-electron chi connectivity index (χ1n) is 11.2. The highest BCUT2D eigenvalue weighted by Crippen LogP contribution is 2.24. The first kappa shape index (κ1) is 20.9. The van der Waals surface area contributed by atoms with Gasteiger partial charge in [-0.3, -0.25) is 24.6 Å². The average Bonchev–Trinajstić information content (AvgIpc) is 2.79. The van der Waals surface area contributed by atoms with Crippen molar-refractivity contribution in [2.24, 2.45) is 5.92 Å². The number of carbonyl (C=O) groups is 1. The highest BCUT2D eigenvalue weighted by molar-refractivity contribution is 5.78. The monoisotopic (exact) mass is 407 g/mol. The smallest absolute Gasteiger partial charge is 0.224 e. The van der Waals surface area contributed by atoms with Crippen LogP contribution < -0.4 is 5.32 Å². The lowest BCUT2D eigenvalue weighted by Crippen LogP contribution is -2.50. The lowest BCUT2D eigenvalue weighted by molar-refractivity contribution is -0.127. The van der Waals surface area contributed by atoms with Gasteiger partial charge in [-0.1, -0.05) is 12.1 Å². The number of aryl methyl sites for hydroxylation is 1. The summed E-state index contributed by atoms with van der Waals surface area (Å²) in [6.45, 7) is 7.73. The summed E-state index contributed by atoms with van der Waals surface area (Å²) in [6, 6.07) is 10.7. The van der Waals surface area contributed by atoms with Crippen molar-refractivity contribution >= 4 is 5.91 Å². The molecule has 0 aliphatic carbocycles. The van der Waals surface area contributed by atoms with Crippen molar-refractivity contribution in [1.82, 2.24) is 25.1 Å². The number of nitrogens with zero attached hydrogens (tertiary/aromatic N) is 4. The Labute approximate surface area is 179 Å². The van der Waals surface area contributed by atoms with Crippen molar-refractivity contribution in [2.75, 3.05) is 26.2 Å². The number of amides is 1. The van der Waals surface area contributed by atoms with E-state index in [0.29, 0.717) is 12.6 Å². The summed E-state index contributed by atoms with van der Waals surface area (Å²) in [6.07, 6.45) is 8.26. The van der Waals surface area contributed by atoms with Crippen molar-refractivity contribution in [3.8, 4) is 0 Å². The Morgan fingerprint density at radius 2 is 2.00 bits per heavy atom. The van der Waals surface area contributed by atoms with Crippen LogP contribution in [0.2, 0.25) is 0 Å². The van der Waals surface area contributed by atoms with E-state index in [1.54, 1.807) is 0 Å². The summed E-state index contributed by atoms with van der Waals surface area (Å²) < 4.78 is 0. The van der Waals surface area contributed by atoms with Crippen LogP contribution in [0.3, 0.4) is 0 Å². The molecule has 2 saturated heterocycles. The third-order valence-electron chi connectivity index (χ3n) is 6.42. The Balaban J connectivity index is 1.23. The fourth-order valence-electron chi connectivity index (χ4n) is 4.76. The molecule has 1 atom stereocenters. The van der Waals surface area contributed by atoms with Crippen LogP contribution in [0.5, 0.6) is 0 Å². The second kappa shape index (κ2) is 10.1. The predicted molar refractivity (Wildman–Crippen MR) is 118 cm³/mol. The van der Waals surface area contributed by atoms with E-state index in [-0.39, 0.29) is 11.8 Å². The summed E-state index contributed by atoms with van der Waals surface area (Å²) in [5.41, 5.74) is 3.20. The summed E-state index contributed by atoms with van der Waals surface area (Å²) >= 11 is 0. The molecule has 30 heavy (non-hydrogen) atoms. The second-order valence-electron chi connectivity index (χ2n) is 8.69. The maximum absolute atomic E-state index is 12.8. The SMILES string of the molecule is Cc1cccc(CNC(=O)[C@@H]2CCCN(C3CCN(Cc4cccnc4)CC3)C2)n1. The first-order chi connectivity index (χ1) is 14.7. The number of rotatable bonds is 6. The van der Waals surface area contributed by atoms with E-state index in [0.717, 1.165) is 57.0 Å². The van der Waals surface area contributed by atoms with Crippen molar-refractivity contribution in [3.05, 3.63) is 59.7 Å². The molecule has 2 aliphatic rings. The van der Waals surface area contributed by atoms with Crippen molar-refractivity contribution in [3.63, 3.8) is 0 Å². The fraction of sp³-hybridized carbons (Fsp3) is 0.542. The fourth-order valence-corrected chi connectivity index (χ4v) is 4.76. The highest BCUT2D eigenvalue weighted by Gasteiger charge is 2.31. The van der Waals surface area contributed by atoms with Crippen LogP contribution in [0, 0.1) is 12.8 Å². The van der Waals surface area contributed by atoms with Crippen LogP contribution in [-0.4, -0.2) is 57.9 Å². The number of hydrogen-bond acceptors (Lipinski definition) is 5. The normalized spacial score (nSPS) is 21.4. The molecule has 1 amide bonds. The molecule has 1 N–H and O–H groups in total. The Hall–Kier alpha value is -2.31. The van der Waals surface area contributed by atoms with E-state index >= 15 is 0 Å². The van der Waals surface area contributed by atoms with Gasteiger partial charge in [-0.25, -0.2) is 0 Å². The molecular weight excluding hydrogens is 374 g/mol. The van der Waals surface area contributed by atoms with E-state index in [2.05, 4.69) is 31.2 Å². The molecule has 0 radical (unpaired) electrons. The van der Waals surface area contributed by atoms with Crippen LogP contribution in [0.1, 0.15) is 42.6 Å². The number of likely N-dealkylation sites (tertiary alicyclic amines) is 2. The van der Waals surface area contributed by atoms with Crippen LogP contribution in [0.15, 0.2) is 42.7 Å². The zero-order valence-corrected chi connectivity index (χ0v) is 18.0. The molecule has 6 nitrogen and oxygen atoms in total. The lowest BCUT2D eigenvalue weighted by Gasteiger charge is -2.42. The van der Waals surface area contributed by atoms with Gasteiger partial charge in [-0.15, -0.1) is 0 Å². The minimum Gasteiger partial charge on any atom is -0.350 e. The van der Waals surface area contributed by atoms with E-state index in [4.69, 9.17) is 0 Å². The van der Waals surface area contributed by atoms with Crippen molar-refractivity contribution < 1.29 is 4.79 Å². The van der Waals surface area contributed by atoms with E-state index in [1.807, 2.05) is 43.6 Å². The quantitative estimate of drug-likeness (QED) is 0.798. The predicted octanol–water partition coefficient (Wildman–Crippen LogP) is 2.78. The molecule has 6 heteroatoms. The van der Waals surface area contributed by atoms with E-state index in [9.17, 15) is 4.79 Å². The molecular formula is C24H33N5O. The topological polar surface area (TPSA) is 61.4 Å². The number of carbonyl (C=O) groups excluding carboxylic acids is 1. The van der Waals surface area contributed by atoms with Gasteiger partial charge in [0.15, 0.2) is 0 Å². The molecule has 4 heterocycles. The molecule has 2 aliphatic heterocycles. The number of hydrogen-bond donors (Lipinski definition) is 1. The van der Waals surface area contributed by atoms with Crippen molar-refractivity contribution in [2.45, 2.75) is 51.7 Å². The van der Waals surface area contributed by atoms with Gasteiger partial charge in [0.1, 0.15) is 0 Å². The van der Waals surface area contributed by atoms with Crippen LogP contribution in [0.25, 0.3) is 0 Å². The Bertz CT molecular complexity index is 819. The van der Waals surface area contributed by atoms with E-state index in [1.165, 1.54) is 18.4 Å². The van der Waals surface area contributed by atoms with Gasteiger partial charge in [0.05, 0.1) is 18.2 Å². The largest absolute Gasteiger partial charge is 0.350 e. The van der Waals surface area contributed by atoms with E-state index < -0.39 is 0 Å². The molecule has 0 bridgehead atoms. The first-order valence-corrected chi connectivity index (χ1v) is 11.2. The molecule has 2 aromatic heterocycles. The molecule has 0 aromatic carbocycles. The summed E-state index contributed by atoms with van der Waals surface area (Å²) in [5.74, 6) is 0.272. The average molecular weight is 408 g/mol. The summed E-state index contributed by atoms with van der Waals surface area (Å²) in [4.78, 5) is 26.6. The molecule has 0 unspecified atom stereocenters. The van der Waals surface area contributed by atoms with Gasteiger partial charge >= 0.3 is 0 Å². The molecule has 2 aromatic rings. The summed E-state index contributed by atoms with van der Waals surface area (Å²) in [5, 5.41) is 3.11. The zero-order valence-electron chi connectivity index (χ0n) is 18.0. The minimum atomic E-state index is 0.0944. The molecule has 0 saturated carbocycles. The van der Waals surface area contributed by atoms with Crippen LogP contribution in [-0.2, 0) is 17.9 Å². The lowest BCUT2D eigenvalue weighted by atomic mass is 9.93.